The van der Waals surface area contributed by atoms with Crippen molar-refractivity contribution < 1.29 is 13.6 Å². The molecular weight excluding hydrogens is 308 g/mol. The fourth-order valence-corrected chi connectivity index (χ4v) is 3.30. The highest BCUT2D eigenvalue weighted by molar-refractivity contribution is 7.09. The van der Waals surface area contributed by atoms with Crippen LogP contribution in [-0.2, 0) is 6.54 Å². The zero-order chi connectivity index (χ0) is 15.5. The summed E-state index contributed by atoms with van der Waals surface area (Å²) in [6.45, 7) is 0.890. The first-order valence-electron chi connectivity index (χ1n) is 7.04. The van der Waals surface area contributed by atoms with Crippen LogP contribution < -0.4 is 10.6 Å². The molecule has 0 radical (unpaired) electrons. The van der Waals surface area contributed by atoms with Crippen LogP contribution in [0, 0.1) is 11.6 Å². The van der Waals surface area contributed by atoms with E-state index in [1.807, 2.05) is 0 Å². The van der Waals surface area contributed by atoms with Crippen LogP contribution in [0.15, 0.2) is 23.6 Å². The summed E-state index contributed by atoms with van der Waals surface area (Å²) in [7, 11) is 0. The van der Waals surface area contributed by atoms with E-state index in [1.54, 1.807) is 5.38 Å². The van der Waals surface area contributed by atoms with E-state index in [9.17, 15) is 13.6 Å². The molecule has 1 atom stereocenters. The number of halogens is 2. The largest absolute Gasteiger partial charge is 0.346 e. The van der Waals surface area contributed by atoms with E-state index in [0.717, 1.165) is 42.6 Å². The SMILES string of the molecule is O=C(NCc1cc(F)ccc1F)c1csc(C2CCCN2)n1. The van der Waals surface area contributed by atoms with Gasteiger partial charge in [-0.1, -0.05) is 0 Å². The third-order valence-electron chi connectivity index (χ3n) is 3.56. The van der Waals surface area contributed by atoms with E-state index < -0.39 is 11.6 Å². The van der Waals surface area contributed by atoms with Crippen molar-refractivity contribution in [2.24, 2.45) is 0 Å². The highest BCUT2D eigenvalue weighted by atomic mass is 32.1. The molecule has 2 N–H and O–H groups in total. The van der Waals surface area contributed by atoms with Gasteiger partial charge in [0.15, 0.2) is 0 Å². The van der Waals surface area contributed by atoms with Crippen LogP contribution in [0.25, 0.3) is 0 Å². The van der Waals surface area contributed by atoms with Crippen LogP contribution in [0.3, 0.4) is 0 Å². The number of carbonyl (C=O) groups excluding carboxylic acids is 1. The first-order chi connectivity index (χ1) is 10.6. The molecule has 2 heterocycles. The molecule has 0 spiro atoms. The smallest absolute Gasteiger partial charge is 0.271 e. The number of nitrogens with zero attached hydrogens (tertiary/aromatic N) is 1. The molecule has 1 fully saturated rings. The minimum atomic E-state index is -0.546. The van der Waals surface area contributed by atoms with Crippen molar-refractivity contribution in [3.63, 3.8) is 0 Å². The Morgan fingerprint density at radius 2 is 2.32 bits per heavy atom. The number of carbonyl (C=O) groups is 1. The number of rotatable bonds is 4. The molecule has 0 saturated carbocycles. The predicted molar refractivity (Wildman–Crippen MR) is 79.6 cm³/mol. The minimum absolute atomic E-state index is 0.0725. The third kappa shape index (κ3) is 3.31. The van der Waals surface area contributed by atoms with Gasteiger partial charge in [0.2, 0.25) is 0 Å². The number of thiazole rings is 1. The lowest BCUT2D eigenvalue weighted by Crippen LogP contribution is -2.24. The first-order valence-corrected chi connectivity index (χ1v) is 7.92. The van der Waals surface area contributed by atoms with Crippen molar-refractivity contribution in [3.8, 4) is 0 Å². The number of hydrogen-bond donors (Lipinski definition) is 2. The molecule has 2 aromatic rings. The van der Waals surface area contributed by atoms with Gasteiger partial charge in [0.1, 0.15) is 22.3 Å². The number of hydrogen-bond acceptors (Lipinski definition) is 4. The molecule has 1 aromatic heterocycles. The summed E-state index contributed by atoms with van der Waals surface area (Å²) >= 11 is 1.43. The van der Waals surface area contributed by atoms with E-state index in [0.29, 0.717) is 5.69 Å². The Bertz CT molecular complexity index is 683. The number of nitrogens with one attached hydrogen (secondary N) is 2. The minimum Gasteiger partial charge on any atom is -0.346 e. The fraction of sp³-hybridized carbons (Fsp3) is 0.333. The van der Waals surface area contributed by atoms with Crippen LogP contribution in [-0.4, -0.2) is 17.4 Å². The van der Waals surface area contributed by atoms with Crippen LogP contribution in [0.2, 0.25) is 0 Å². The van der Waals surface area contributed by atoms with Crippen molar-refractivity contribution in [2.75, 3.05) is 6.54 Å². The standard InChI is InChI=1S/C15H15F2N3OS/c16-10-3-4-11(17)9(6-10)7-19-14(21)13-8-22-15(20-13)12-2-1-5-18-12/h3-4,6,8,12,18H,1-2,5,7H2,(H,19,21). The lowest BCUT2D eigenvalue weighted by atomic mass is 10.2. The molecule has 0 bridgehead atoms. The lowest BCUT2D eigenvalue weighted by Gasteiger charge is -2.06. The maximum Gasteiger partial charge on any atom is 0.271 e. The maximum atomic E-state index is 13.5. The quantitative estimate of drug-likeness (QED) is 0.910. The van der Waals surface area contributed by atoms with Crippen LogP contribution in [0.4, 0.5) is 8.78 Å². The Morgan fingerprint density at radius 1 is 1.45 bits per heavy atom. The normalized spacial score (nSPS) is 17.6. The first kappa shape index (κ1) is 15.1. The van der Waals surface area contributed by atoms with Crippen LogP contribution >= 0.6 is 11.3 Å². The van der Waals surface area contributed by atoms with Gasteiger partial charge in [0.25, 0.3) is 5.91 Å². The molecule has 116 valence electrons. The van der Waals surface area contributed by atoms with Crippen molar-refractivity contribution in [1.29, 1.82) is 0 Å². The summed E-state index contributed by atoms with van der Waals surface area (Å²) in [5.74, 6) is -1.46. The van der Waals surface area contributed by atoms with Gasteiger partial charge in [-0.05, 0) is 37.6 Å². The molecule has 1 aliphatic rings. The van der Waals surface area contributed by atoms with Gasteiger partial charge in [-0.25, -0.2) is 13.8 Å². The average molecular weight is 323 g/mol. The van der Waals surface area contributed by atoms with Crippen molar-refractivity contribution in [3.05, 3.63) is 51.5 Å². The monoisotopic (exact) mass is 323 g/mol. The molecule has 1 aliphatic heterocycles. The number of amides is 1. The van der Waals surface area contributed by atoms with Gasteiger partial charge in [-0.2, -0.15) is 0 Å². The summed E-state index contributed by atoms with van der Waals surface area (Å²) in [5.41, 5.74) is 0.423. The highest BCUT2D eigenvalue weighted by Gasteiger charge is 2.21. The molecule has 1 saturated heterocycles. The Kier molecular flexibility index (Phi) is 4.44. The Hall–Kier alpha value is -1.86. The summed E-state index contributed by atoms with van der Waals surface area (Å²) in [6.07, 6.45) is 2.12. The van der Waals surface area contributed by atoms with Gasteiger partial charge in [-0.15, -0.1) is 11.3 Å². The van der Waals surface area contributed by atoms with Gasteiger partial charge < -0.3 is 10.6 Å². The van der Waals surface area contributed by atoms with Gasteiger partial charge >= 0.3 is 0 Å². The fourth-order valence-electron chi connectivity index (χ4n) is 2.39. The number of benzene rings is 1. The Labute approximate surface area is 130 Å². The lowest BCUT2D eigenvalue weighted by molar-refractivity contribution is 0.0946. The summed E-state index contributed by atoms with van der Waals surface area (Å²) in [6, 6.07) is 3.38. The zero-order valence-corrected chi connectivity index (χ0v) is 12.6. The number of aromatic nitrogens is 1. The van der Waals surface area contributed by atoms with E-state index in [2.05, 4.69) is 15.6 Å². The maximum absolute atomic E-state index is 13.5. The zero-order valence-electron chi connectivity index (χ0n) is 11.7. The topological polar surface area (TPSA) is 54.0 Å². The van der Waals surface area contributed by atoms with Crippen molar-refractivity contribution in [2.45, 2.75) is 25.4 Å². The molecule has 1 aromatic carbocycles. The molecular formula is C15H15F2N3OS. The Morgan fingerprint density at radius 3 is 3.09 bits per heavy atom. The Balaban J connectivity index is 1.63. The van der Waals surface area contributed by atoms with Gasteiger partial charge in [0, 0.05) is 17.5 Å². The molecule has 22 heavy (non-hydrogen) atoms. The van der Waals surface area contributed by atoms with Crippen molar-refractivity contribution in [1.82, 2.24) is 15.6 Å². The molecule has 0 aliphatic carbocycles. The van der Waals surface area contributed by atoms with E-state index in [-0.39, 0.29) is 24.1 Å². The van der Waals surface area contributed by atoms with Crippen LogP contribution in [0.5, 0.6) is 0 Å². The molecule has 4 nitrogen and oxygen atoms in total. The average Bonchev–Trinajstić information content (AvgIpc) is 3.18. The molecule has 3 rings (SSSR count). The molecule has 1 amide bonds. The summed E-state index contributed by atoms with van der Waals surface area (Å²) in [5, 5.41) is 8.46. The summed E-state index contributed by atoms with van der Waals surface area (Å²) in [4.78, 5) is 16.4. The van der Waals surface area contributed by atoms with E-state index in [1.165, 1.54) is 11.3 Å². The van der Waals surface area contributed by atoms with Crippen LogP contribution in [0.1, 0.15) is 39.9 Å². The highest BCUT2D eigenvalue weighted by Crippen LogP contribution is 2.25. The predicted octanol–water partition coefficient (Wildman–Crippen LogP) is 2.78. The van der Waals surface area contributed by atoms with E-state index >= 15 is 0 Å². The molecule has 7 heteroatoms. The van der Waals surface area contributed by atoms with Gasteiger partial charge in [-0.3, -0.25) is 4.79 Å². The molecule has 1 unspecified atom stereocenters. The second-order valence-corrected chi connectivity index (χ2v) is 6.03. The van der Waals surface area contributed by atoms with E-state index in [4.69, 9.17) is 0 Å². The van der Waals surface area contributed by atoms with Gasteiger partial charge in [0.05, 0.1) is 6.04 Å². The summed E-state index contributed by atoms with van der Waals surface area (Å²) < 4.78 is 26.6. The third-order valence-corrected chi connectivity index (χ3v) is 4.52. The van der Waals surface area contributed by atoms with Crippen molar-refractivity contribution >= 4 is 17.2 Å². The second-order valence-electron chi connectivity index (χ2n) is 5.14. The second kappa shape index (κ2) is 6.50.